The molecular weight excluding hydrogens is 362 g/mol. The Hall–Kier alpha value is -2.70. The van der Waals surface area contributed by atoms with Crippen LogP contribution in [0.3, 0.4) is 0 Å². The van der Waals surface area contributed by atoms with Crippen molar-refractivity contribution in [1.29, 1.82) is 0 Å². The van der Waals surface area contributed by atoms with E-state index in [-0.39, 0.29) is 31.8 Å². The molecule has 0 saturated heterocycles. The predicted octanol–water partition coefficient (Wildman–Crippen LogP) is 3.48. The van der Waals surface area contributed by atoms with Gasteiger partial charge in [0.2, 0.25) is 0 Å². The fourth-order valence-electron chi connectivity index (χ4n) is 2.25. The number of amides is 1. The van der Waals surface area contributed by atoms with E-state index in [2.05, 4.69) is 5.32 Å². The molecule has 1 N–H and O–H groups in total. The van der Waals surface area contributed by atoms with E-state index < -0.39 is 23.7 Å². The highest BCUT2D eigenvalue weighted by atomic mass is 16.6. The Labute approximate surface area is 166 Å². The van der Waals surface area contributed by atoms with Gasteiger partial charge in [-0.2, -0.15) is 0 Å². The van der Waals surface area contributed by atoms with Crippen LogP contribution in [0.4, 0.5) is 4.79 Å². The molecule has 1 rings (SSSR count). The van der Waals surface area contributed by atoms with Gasteiger partial charge in [-0.25, -0.2) is 9.59 Å². The SMILES string of the molecule is C.CCC(=O)CC(=O)c1ccc(CC(NC(=O)OC(C)(C)C)C(=O)OC)cc1. The number of esters is 1. The molecule has 0 bridgehead atoms. The van der Waals surface area contributed by atoms with Crippen molar-refractivity contribution in [2.24, 2.45) is 0 Å². The van der Waals surface area contributed by atoms with Gasteiger partial charge in [0.15, 0.2) is 5.78 Å². The van der Waals surface area contributed by atoms with Crippen molar-refractivity contribution >= 4 is 23.6 Å². The smallest absolute Gasteiger partial charge is 0.408 e. The summed E-state index contributed by atoms with van der Waals surface area (Å²) >= 11 is 0. The summed E-state index contributed by atoms with van der Waals surface area (Å²) in [4.78, 5) is 47.3. The highest BCUT2D eigenvalue weighted by molar-refractivity contribution is 6.07. The van der Waals surface area contributed by atoms with E-state index in [0.29, 0.717) is 12.0 Å². The summed E-state index contributed by atoms with van der Waals surface area (Å²) in [5.74, 6) is -0.962. The molecule has 1 atom stereocenters. The van der Waals surface area contributed by atoms with Gasteiger partial charge >= 0.3 is 12.1 Å². The molecule has 7 heteroatoms. The average molecular weight is 393 g/mol. The van der Waals surface area contributed by atoms with E-state index in [1.807, 2.05) is 0 Å². The Morgan fingerprint density at radius 1 is 1.07 bits per heavy atom. The van der Waals surface area contributed by atoms with E-state index in [9.17, 15) is 19.2 Å². The number of benzene rings is 1. The molecule has 28 heavy (non-hydrogen) atoms. The van der Waals surface area contributed by atoms with Gasteiger partial charge in [-0.3, -0.25) is 9.59 Å². The number of ether oxygens (including phenoxy) is 2. The number of hydrogen-bond acceptors (Lipinski definition) is 6. The topological polar surface area (TPSA) is 98.8 Å². The third-order valence-electron chi connectivity index (χ3n) is 3.64. The van der Waals surface area contributed by atoms with Crippen molar-refractivity contribution in [1.82, 2.24) is 5.32 Å². The van der Waals surface area contributed by atoms with Crippen molar-refractivity contribution < 1.29 is 28.7 Å². The molecule has 7 nitrogen and oxygen atoms in total. The molecule has 0 aliphatic rings. The fraction of sp³-hybridized carbons (Fsp3) is 0.524. The van der Waals surface area contributed by atoms with E-state index in [0.717, 1.165) is 5.56 Å². The Bertz CT molecular complexity index is 688. The van der Waals surface area contributed by atoms with Crippen LogP contribution in [0, 0.1) is 0 Å². The molecule has 0 aliphatic carbocycles. The van der Waals surface area contributed by atoms with Crippen LogP contribution in [0.1, 0.15) is 63.9 Å². The van der Waals surface area contributed by atoms with Crippen LogP contribution in [0.2, 0.25) is 0 Å². The zero-order valence-corrected chi connectivity index (χ0v) is 16.5. The maximum Gasteiger partial charge on any atom is 0.408 e. The molecule has 1 aromatic carbocycles. The van der Waals surface area contributed by atoms with E-state index in [4.69, 9.17) is 9.47 Å². The molecule has 0 fully saturated rings. The largest absolute Gasteiger partial charge is 0.467 e. The Morgan fingerprint density at radius 3 is 2.11 bits per heavy atom. The number of alkyl carbamates (subject to hydrolysis) is 1. The van der Waals surface area contributed by atoms with Gasteiger partial charge < -0.3 is 14.8 Å². The monoisotopic (exact) mass is 393 g/mol. The number of carbonyl (C=O) groups excluding carboxylic acids is 4. The second-order valence-corrected chi connectivity index (χ2v) is 7.12. The van der Waals surface area contributed by atoms with Gasteiger partial charge in [-0.05, 0) is 26.3 Å². The summed E-state index contributed by atoms with van der Waals surface area (Å²) < 4.78 is 9.90. The fourth-order valence-corrected chi connectivity index (χ4v) is 2.25. The molecule has 0 saturated carbocycles. The molecule has 1 unspecified atom stereocenters. The maximum atomic E-state index is 12.0. The van der Waals surface area contributed by atoms with Crippen molar-refractivity contribution in [3.05, 3.63) is 35.4 Å². The molecule has 0 radical (unpaired) electrons. The van der Waals surface area contributed by atoms with E-state index in [1.54, 1.807) is 52.0 Å². The lowest BCUT2D eigenvalue weighted by Gasteiger charge is -2.22. The Morgan fingerprint density at radius 2 is 1.64 bits per heavy atom. The number of rotatable bonds is 8. The third-order valence-corrected chi connectivity index (χ3v) is 3.64. The minimum atomic E-state index is -0.923. The summed E-state index contributed by atoms with van der Waals surface area (Å²) in [6.45, 7) is 6.87. The van der Waals surface area contributed by atoms with Crippen LogP contribution in [0.5, 0.6) is 0 Å². The van der Waals surface area contributed by atoms with Crippen LogP contribution in [-0.4, -0.2) is 42.4 Å². The minimum Gasteiger partial charge on any atom is -0.467 e. The van der Waals surface area contributed by atoms with Gasteiger partial charge in [-0.15, -0.1) is 0 Å². The molecule has 0 aliphatic heterocycles. The highest BCUT2D eigenvalue weighted by Crippen LogP contribution is 2.12. The average Bonchev–Trinajstić information content (AvgIpc) is 2.59. The first-order valence-electron chi connectivity index (χ1n) is 8.77. The molecule has 0 spiro atoms. The number of methoxy groups -OCH3 is 1. The second-order valence-electron chi connectivity index (χ2n) is 7.12. The van der Waals surface area contributed by atoms with Gasteiger partial charge in [0.05, 0.1) is 13.5 Å². The standard InChI is InChI=1S/C20H27NO6.CH4/c1-6-15(22)12-17(23)14-9-7-13(8-10-14)11-16(18(24)26-5)21-19(25)27-20(2,3)4;/h7-10,16H,6,11-12H2,1-5H3,(H,21,25);1H4. The summed E-state index contributed by atoms with van der Waals surface area (Å²) in [6, 6.07) is 5.63. The quantitative estimate of drug-likeness (QED) is 0.412. The lowest BCUT2D eigenvalue weighted by atomic mass is 10.0. The van der Waals surface area contributed by atoms with E-state index in [1.165, 1.54) is 7.11 Å². The van der Waals surface area contributed by atoms with Crippen molar-refractivity contribution in [3.63, 3.8) is 0 Å². The minimum absolute atomic E-state index is 0. The van der Waals surface area contributed by atoms with Crippen molar-refractivity contribution in [2.45, 2.75) is 66.0 Å². The van der Waals surface area contributed by atoms with Gasteiger partial charge in [-0.1, -0.05) is 38.6 Å². The Balaban J connectivity index is 0.00000729. The normalized spacial score (nSPS) is 11.6. The lowest BCUT2D eigenvalue weighted by molar-refractivity contribution is -0.143. The predicted molar refractivity (Wildman–Crippen MR) is 106 cm³/mol. The first-order valence-corrected chi connectivity index (χ1v) is 8.77. The molecule has 1 amide bonds. The van der Waals surface area contributed by atoms with Crippen LogP contribution in [0.25, 0.3) is 0 Å². The van der Waals surface area contributed by atoms with E-state index >= 15 is 0 Å². The van der Waals surface area contributed by atoms with Crippen LogP contribution in [0.15, 0.2) is 24.3 Å². The molecule has 0 aromatic heterocycles. The van der Waals surface area contributed by atoms with Gasteiger partial charge in [0.1, 0.15) is 17.4 Å². The van der Waals surface area contributed by atoms with Crippen LogP contribution in [-0.2, 0) is 25.5 Å². The van der Waals surface area contributed by atoms with Crippen molar-refractivity contribution in [2.75, 3.05) is 7.11 Å². The first-order chi connectivity index (χ1) is 12.6. The molecule has 0 heterocycles. The van der Waals surface area contributed by atoms with Gasteiger partial charge in [0, 0.05) is 18.4 Å². The lowest BCUT2D eigenvalue weighted by Crippen LogP contribution is -2.45. The maximum absolute atomic E-state index is 12.0. The number of carbonyl (C=O) groups is 4. The zero-order valence-electron chi connectivity index (χ0n) is 16.5. The van der Waals surface area contributed by atoms with Gasteiger partial charge in [0.25, 0.3) is 0 Å². The summed E-state index contributed by atoms with van der Waals surface area (Å²) in [5.41, 5.74) is 0.456. The third kappa shape index (κ3) is 8.79. The second kappa shape index (κ2) is 11.2. The molecular formula is C21H31NO6. The molecule has 1 aromatic rings. The van der Waals surface area contributed by atoms with Crippen LogP contribution < -0.4 is 5.32 Å². The summed E-state index contributed by atoms with van der Waals surface area (Å²) in [7, 11) is 1.23. The first kappa shape index (κ1) is 25.3. The van der Waals surface area contributed by atoms with Crippen LogP contribution >= 0.6 is 0 Å². The zero-order chi connectivity index (χ0) is 20.6. The number of nitrogens with one attached hydrogen (secondary N) is 1. The number of Topliss-reactive ketones (excluding diaryl/α,β-unsaturated/α-hetero) is 2. The number of hydrogen-bond donors (Lipinski definition) is 1. The number of ketones is 2. The highest BCUT2D eigenvalue weighted by Gasteiger charge is 2.25. The van der Waals surface area contributed by atoms with Crippen molar-refractivity contribution in [3.8, 4) is 0 Å². The summed E-state index contributed by atoms with van der Waals surface area (Å²) in [5, 5.41) is 2.50. The Kier molecular flexibility index (Phi) is 10.1. The molecule has 156 valence electrons. The summed E-state index contributed by atoms with van der Waals surface area (Å²) in [6.07, 6.45) is -0.349.